The second-order valence-corrected chi connectivity index (χ2v) is 3.24. The van der Waals surface area contributed by atoms with Gasteiger partial charge in [0.2, 0.25) is 0 Å². The third-order valence-corrected chi connectivity index (χ3v) is 1.51. The average Bonchev–Trinajstić information content (AvgIpc) is 1.64. The summed E-state index contributed by atoms with van der Waals surface area (Å²) in [6.45, 7) is 8.86. The van der Waals surface area contributed by atoms with Gasteiger partial charge in [0.15, 0.2) is 0 Å². The topological polar surface area (TPSA) is 0 Å². The van der Waals surface area contributed by atoms with Gasteiger partial charge < -0.3 is 0 Å². The second-order valence-electron chi connectivity index (χ2n) is 3.24. The lowest BCUT2D eigenvalue weighted by Crippen LogP contribution is -2.05. The number of allylic oxidation sites excluding steroid dienone is 2. The van der Waals surface area contributed by atoms with Gasteiger partial charge in [0, 0.05) is 0 Å². The van der Waals surface area contributed by atoms with Crippen molar-refractivity contribution in [2.24, 2.45) is 5.41 Å². The highest BCUT2D eigenvalue weighted by atomic mass is 14.1. The minimum Gasteiger partial charge on any atom is -0.0911 e. The molecule has 9 heavy (non-hydrogen) atoms. The second kappa shape index (κ2) is 3.71. The van der Waals surface area contributed by atoms with Crippen molar-refractivity contribution in [2.45, 2.75) is 40.5 Å². The van der Waals surface area contributed by atoms with Crippen LogP contribution in [-0.2, 0) is 0 Å². The zero-order chi connectivity index (χ0) is 7.33. The number of rotatable bonds is 3. The SMILES string of the molecule is C/C=C\C(C)(C)CCC. The summed E-state index contributed by atoms with van der Waals surface area (Å²) in [5.41, 5.74) is 0.420. The molecule has 0 fully saturated rings. The van der Waals surface area contributed by atoms with Crippen LogP contribution in [0.2, 0.25) is 0 Å². The summed E-state index contributed by atoms with van der Waals surface area (Å²) in [6, 6.07) is 0. The Bertz CT molecular complexity index is 88.2. The molecule has 54 valence electrons. The van der Waals surface area contributed by atoms with E-state index >= 15 is 0 Å². The van der Waals surface area contributed by atoms with Crippen LogP contribution < -0.4 is 0 Å². The van der Waals surface area contributed by atoms with E-state index in [2.05, 4.69) is 39.8 Å². The molecule has 0 nitrogen and oxygen atoms in total. The van der Waals surface area contributed by atoms with Gasteiger partial charge in [-0.1, -0.05) is 39.3 Å². The molecule has 0 N–H and O–H groups in total. The molecule has 0 radical (unpaired) electrons. The molecule has 0 aromatic heterocycles. The molecule has 0 spiro atoms. The summed E-state index contributed by atoms with van der Waals surface area (Å²) in [5.74, 6) is 0. The highest BCUT2D eigenvalue weighted by Crippen LogP contribution is 2.23. The fourth-order valence-corrected chi connectivity index (χ4v) is 1.18. The van der Waals surface area contributed by atoms with Crippen molar-refractivity contribution in [1.82, 2.24) is 0 Å². The molecule has 0 saturated carbocycles. The molecular weight excluding hydrogens is 108 g/mol. The van der Waals surface area contributed by atoms with E-state index in [1.54, 1.807) is 0 Å². The molecule has 0 aliphatic carbocycles. The fourth-order valence-electron chi connectivity index (χ4n) is 1.18. The number of hydrogen-bond donors (Lipinski definition) is 0. The van der Waals surface area contributed by atoms with Gasteiger partial charge in [0.05, 0.1) is 0 Å². The maximum absolute atomic E-state index is 2.27. The molecule has 0 saturated heterocycles. The Morgan fingerprint density at radius 2 is 1.89 bits per heavy atom. The number of hydrogen-bond acceptors (Lipinski definition) is 0. The van der Waals surface area contributed by atoms with E-state index in [1.165, 1.54) is 12.8 Å². The van der Waals surface area contributed by atoms with Crippen LogP contribution in [0.15, 0.2) is 12.2 Å². The molecule has 0 aliphatic heterocycles. The van der Waals surface area contributed by atoms with Crippen molar-refractivity contribution in [3.63, 3.8) is 0 Å². The Morgan fingerprint density at radius 3 is 2.22 bits per heavy atom. The lowest BCUT2D eigenvalue weighted by molar-refractivity contribution is 0.431. The van der Waals surface area contributed by atoms with E-state index in [0.717, 1.165) is 0 Å². The zero-order valence-electron chi connectivity index (χ0n) is 7.07. The molecule has 0 heteroatoms. The van der Waals surface area contributed by atoms with Gasteiger partial charge in [0.1, 0.15) is 0 Å². The van der Waals surface area contributed by atoms with Crippen molar-refractivity contribution in [3.8, 4) is 0 Å². The monoisotopic (exact) mass is 126 g/mol. The molecule has 0 bridgehead atoms. The van der Waals surface area contributed by atoms with Crippen LogP contribution in [0.5, 0.6) is 0 Å². The minimum atomic E-state index is 0.420. The molecule has 0 amide bonds. The lowest BCUT2D eigenvalue weighted by atomic mass is 9.88. The minimum absolute atomic E-state index is 0.420. The molecule has 0 atom stereocenters. The summed E-state index contributed by atoms with van der Waals surface area (Å²) >= 11 is 0. The first kappa shape index (κ1) is 8.74. The van der Waals surface area contributed by atoms with Crippen LogP contribution in [0.1, 0.15) is 40.5 Å². The first-order chi connectivity index (χ1) is 4.12. The lowest BCUT2D eigenvalue weighted by Gasteiger charge is -2.18. The van der Waals surface area contributed by atoms with Gasteiger partial charge in [-0.3, -0.25) is 0 Å². The summed E-state index contributed by atoms with van der Waals surface area (Å²) in [5, 5.41) is 0. The van der Waals surface area contributed by atoms with E-state index < -0.39 is 0 Å². The molecule has 0 unspecified atom stereocenters. The molecule has 0 aliphatic rings. The fraction of sp³-hybridized carbons (Fsp3) is 0.778. The Balaban J connectivity index is 3.70. The Hall–Kier alpha value is -0.260. The normalized spacial score (nSPS) is 12.9. The maximum atomic E-state index is 2.27. The third kappa shape index (κ3) is 4.26. The van der Waals surface area contributed by atoms with Gasteiger partial charge in [0.25, 0.3) is 0 Å². The van der Waals surface area contributed by atoms with E-state index in [-0.39, 0.29) is 0 Å². The zero-order valence-corrected chi connectivity index (χ0v) is 7.07. The molecule has 0 rings (SSSR count). The van der Waals surface area contributed by atoms with Crippen LogP contribution in [0.25, 0.3) is 0 Å². The Kier molecular flexibility index (Phi) is 3.60. The first-order valence-electron chi connectivity index (χ1n) is 3.76. The van der Waals surface area contributed by atoms with E-state index in [4.69, 9.17) is 0 Å². The largest absolute Gasteiger partial charge is 0.0911 e. The highest BCUT2D eigenvalue weighted by molar-refractivity contribution is 4.92. The predicted molar refractivity (Wildman–Crippen MR) is 43.5 cm³/mol. The van der Waals surface area contributed by atoms with Gasteiger partial charge in [-0.2, -0.15) is 0 Å². The molecule has 0 aromatic carbocycles. The summed E-state index contributed by atoms with van der Waals surface area (Å²) in [4.78, 5) is 0. The first-order valence-corrected chi connectivity index (χ1v) is 3.76. The van der Waals surface area contributed by atoms with Gasteiger partial charge in [-0.05, 0) is 18.8 Å². The van der Waals surface area contributed by atoms with Crippen LogP contribution >= 0.6 is 0 Å². The third-order valence-electron chi connectivity index (χ3n) is 1.51. The van der Waals surface area contributed by atoms with Crippen molar-refractivity contribution in [3.05, 3.63) is 12.2 Å². The molecule has 0 heterocycles. The molecular formula is C9H18. The van der Waals surface area contributed by atoms with Crippen molar-refractivity contribution in [2.75, 3.05) is 0 Å². The summed E-state index contributed by atoms with van der Waals surface area (Å²) in [6.07, 6.45) is 6.97. The van der Waals surface area contributed by atoms with E-state index in [9.17, 15) is 0 Å². The van der Waals surface area contributed by atoms with Crippen molar-refractivity contribution in [1.29, 1.82) is 0 Å². The van der Waals surface area contributed by atoms with E-state index in [0.29, 0.717) is 5.41 Å². The van der Waals surface area contributed by atoms with Gasteiger partial charge >= 0.3 is 0 Å². The summed E-state index contributed by atoms with van der Waals surface area (Å²) < 4.78 is 0. The van der Waals surface area contributed by atoms with Crippen LogP contribution in [0.4, 0.5) is 0 Å². The van der Waals surface area contributed by atoms with Crippen molar-refractivity contribution < 1.29 is 0 Å². The van der Waals surface area contributed by atoms with E-state index in [1.807, 2.05) is 0 Å². The standard InChI is InChI=1S/C9H18/c1-5-7-9(3,4)8-6-2/h5,7H,6,8H2,1-4H3/b7-5-. The predicted octanol–water partition coefficient (Wildman–Crippen LogP) is 3.39. The highest BCUT2D eigenvalue weighted by Gasteiger charge is 2.10. The Labute approximate surface area is 59.0 Å². The summed E-state index contributed by atoms with van der Waals surface area (Å²) in [7, 11) is 0. The van der Waals surface area contributed by atoms with Gasteiger partial charge in [-0.25, -0.2) is 0 Å². The van der Waals surface area contributed by atoms with Gasteiger partial charge in [-0.15, -0.1) is 0 Å². The maximum Gasteiger partial charge on any atom is -0.0175 e. The van der Waals surface area contributed by atoms with Crippen LogP contribution in [0.3, 0.4) is 0 Å². The smallest absolute Gasteiger partial charge is 0.0175 e. The Morgan fingerprint density at radius 1 is 1.33 bits per heavy atom. The van der Waals surface area contributed by atoms with Crippen LogP contribution in [-0.4, -0.2) is 0 Å². The average molecular weight is 126 g/mol. The van der Waals surface area contributed by atoms with Crippen molar-refractivity contribution >= 4 is 0 Å². The van der Waals surface area contributed by atoms with Crippen LogP contribution in [0, 0.1) is 5.41 Å². The molecule has 0 aromatic rings. The quantitative estimate of drug-likeness (QED) is 0.508.